The van der Waals surface area contributed by atoms with Gasteiger partial charge in [0.2, 0.25) is 0 Å². The summed E-state index contributed by atoms with van der Waals surface area (Å²) in [7, 11) is 0. The first-order chi connectivity index (χ1) is 8.25. The van der Waals surface area contributed by atoms with E-state index >= 15 is 0 Å². The fourth-order valence-electron chi connectivity index (χ4n) is 1.42. The van der Waals surface area contributed by atoms with E-state index in [4.69, 9.17) is 0 Å². The summed E-state index contributed by atoms with van der Waals surface area (Å²) in [5.41, 5.74) is 0.708. The van der Waals surface area contributed by atoms with Gasteiger partial charge in [0.05, 0.1) is 9.35 Å². The molecule has 0 saturated carbocycles. The number of nitrogens with zero attached hydrogens (tertiary/aromatic N) is 1. The molecule has 0 aliphatic rings. The van der Waals surface area contributed by atoms with E-state index in [1.165, 1.54) is 11.3 Å². The molecule has 0 atom stereocenters. The van der Waals surface area contributed by atoms with E-state index in [0.717, 1.165) is 22.5 Å². The Balaban J connectivity index is 1.70. The highest BCUT2D eigenvalue weighted by Gasteiger charge is 2.06. The summed E-state index contributed by atoms with van der Waals surface area (Å²) in [6.45, 7) is 0.660. The van der Waals surface area contributed by atoms with Crippen LogP contribution in [0.5, 0.6) is 0 Å². The number of rotatable bonds is 5. The Kier molecular flexibility index (Phi) is 4.33. The number of amides is 1. The van der Waals surface area contributed by atoms with Crippen LogP contribution < -0.4 is 5.32 Å². The van der Waals surface area contributed by atoms with Crippen molar-refractivity contribution in [2.75, 3.05) is 6.54 Å². The molecule has 17 heavy (non-hydrogen) atoms. The van der Waals surface area contributed by atoms with E-state index in [-0.39, 0.29) is 5.91 Å². The molecule has 2 aromatic rings. The predicted molar refractivity (Wildman–Crippen MR) is 71.3 cm³/mol. The van der Waals surface area contributed by atoms with Crippen LogP contribution in [-0.4, -0.2) is 22.4 Å². The molecule has 2 aromatic heterocycles. The Morgan fingerprint density at radius 2 is 2.47 bits per heavy atom. The first-order valence-corrected chi connectivity index (χ1v) is 6.93. The number of hydrogen-bond acceptors (Lipinski definition) is 3. The molecule has 0 aliphatic heterocycles. The molecule has 0 aliphatic carbocycles. The average molecular weight is 314 g/mol. The van der Waals surface area contributed by atoms with Crippen molar-refractivity contribution in [3.05, 3.63) is 39.0 Å². The van der Waals surface area contributed by atoms with Gasteiger partial charge in [0.15, 0.2) is 0 Å². The van der Waals surface area contributed by atoms with Crippen molar-refractivity contribution in [2.24, 2.45) is 0 Å². The molecule has 0 spiro atoms. The number of nitrogens with one attached hydrogen (secondary N) is 2. The van der Waals surface area contributed by atoms with Crippen molar-refractivity contribution in [2.45, 2.75) is 12.8 Å². The normalized spacial score (nSPS) is 10.4. The van der Waals surface area contributed by atoms with Gasteiger partial charge in [-0.3, -0.25) is 4.79 Å². The number of halogens is 1. The van der Waals surface area contributed by atoms with Crippen LogP contribution >= 0.6 is 27.3 Å². The van der Waals surface area contributed by atoms with Crippen molar-refractivity contribution in [3.63, 3.8) is 0 Å². The van der Waals surface area contributed by atoms with E-state index < -0.39 is 0 Å². The molecule has 6 heteroatoms. The molecule has 90 valence electrons. The number of H-pyrrole nitrogens is 1. The Labute approximate surface area is 112 Å². The van der Waals surface area contributed by atoms with Crippen LogP contribution in [0.3, 0.4) is 0 Å². The molecule has 0 unspecified atom stereocenters. The van der Waals surface area contributed by atoms with Crippen molar-refractivity contribution in [1.82, 2.24) is 15.3 Å². The minimum Gasteiger partial charge on any atom is -0.352 e. The minimum atomic E-state index is -0.0219. The zero-order valence-electron chi connectivity index (χ0n) is 9.07. The number of aryl methyl sites for hydroxylation is 1. The predicted octanol–water partition coefficient (Wildman–Crippen LogP) is 2.60. The van der Waals surface area contributed by atoms with Crippen LogP contribution in [0.25, 0.3) is 0 Å². The maximum atomic E-state index is 11.7. The Bertz CT molecular complexity index is 481. The molecular weight excluding hydrogens is 302 g/mol. The lowest BCUT2D eigenvalue weighted by Gasteiger charge is -2.02. The molecule has 2 heterocycles. The highest BCUT2D eigenvalue weighted by molar-refractivity contribution is 9.11. The van der Waals surface area contributed by atoms with Crippen LogP contribution in [0, 0.1) is 0 Å². The van der Waals surface area contributed by atoms with Gasteiger partial charge in [-0.1, -0.05) is 0 Å². The molecule has 0 saturated heterocycles. The lowest BCUT2D eigenvalue weighted by atomic mass is 10.3. The first-order valence-electron chi connectivity index (χ1n) is 5.26. The van der Waals surface area contributed by atoms with Crippen LogP contribution in [0.15, 0.2) is 27.6 Å². The van der Waals surface area contributed by atoms with Crippen molar-refractivity contribution in [3.8, 4) is 0 Å². The lowest BCUT2D eigenvalue weighted by molar-refractivity contribution is 0.0953. The number of carbonyl (C=O) groups excluding carboxylic acids is 1. The van der Waals surface area contributed by atoms with E-state index in [1.54, 1.807) is 12.4 Å². The zero-order valence-corrected chi connectivity index (χ0v) is 11.5. The molecule has 2 N–H and O–H groups in total. The van der Waals surface area contributed by atoms with Crippen LogP contribution in [0.1, 0.15) is 22.6 Å². The fraction of sp³-hybridized carbons (Fsp3) is 0.273. The van der Waals surface area contributed by atoms with Gasteiger partial charge in [0, 0.05) is 30.7 Å². The Hall–Kier alpha value is -1.14. The van der Waals surface area contributed by atoms with Crippen molar-refractivity contribution < 1.29 is 4.79 Å². The summed E-state index contributed by atoms with van der Waals surface area (Å²) in [5, 5.41) is 4.72. The third-order valence-electron chi connectivity index (χ3n) is 2.26. The second-order valence-corrected chi connectivity index (χ2v) is 5.83. The first kappa shape index (κ1) is 12.3. The Morgan fingerprint density at radius 1 is 1.59 bits per heavy atom. The lowest BCUT2D eigenvalue weighted by Crippen LogP contribution is -2.24. The zero-order chi connectivity index (χ0) is 12.1. The molecule has 4 nitrogen and oxygen atoms in total. The summed E-state index contributed by atoms with van der Waals surface area (Å²) < 4.78 is 0.971. The quantitative estimate of drug-likeness (QED) is 0.834. The molecule has 1 amide bonds. The second kappa shape index (κ2) is 5.97. The van der Waals surface area contributed by atoms with Gasteiger partial charge < -0.3 is 10.3 Å². The fourth-order valence-corrected chi connectivity index (χ4v) is 2.56. The van der Waals surface area contributed by atoms with E-state index in [2.05, 4.69) is 31.2 Å². The van der Waals surface area contributed by atoms with E-state index in [9.17, 15) is 4.79 Å². The molecule has 2 rings (SSSR count). The van der Waals surface area contributed by atoms with Gasteiger partial charge in [-0.2, -0.15) is 0 Å². The third kappa shape index (κ3) is 3.67. The number of aromatic nitrogens is 2. The van der Waals surface area contributed by atoms with Gasteiger partial charge in [0.25, 0.3) is 5.91 Å². The topological polar surface area (TPSA) is 57.8 Å². The van der Waals surface area contributed by atoms with Gasteiger partial charge in [-0.25, -0.2) is 4.98 Å². The Morgan fingerprint density at radius 3 is 3.12 bits per heavy atom. The molecule has 0 bridgehead atoms. The molecule has 0 aromatic carbocycles. The number of imidazole rings is 1. The molecule has 0 radical (unpaired) electrons. The van der Waals surface area contributed by atoms with Gasteiger partial charge in [-0.05, 0) is 28.4 Å². The van der Waals surface area contributed by atoms with Crippen LogP contribution in [0.2, 0.25) is 0 Å². The second-order valence-electron chi connectivity index (χ2n) is 3.53. The third-order valence-corrected chi connectivity index (χ3v) is 3.76. The smallest absolute Gasteiger partial charge is 0.252 e. The average Bonchev–Trinajstić information content (AvgIpc) is 2.95. The van der Waals surface area contributed by atoms with Crippen molar-refractivity contribution in [1.29, 1.82) is 0 Å². The maximum absolute atomic E-state index is 11.7. The van der Waals surface area contributed by atoms with Gasteiger partial charge in [0.1, 0.15) is 5.82 Å². The van der Waals surface area contributed by atoms with Crippen molar-refractivity contribution >= 4 is 33.2 Å². The molecule has 0 fully saturated rings. The highest BCUT2D eigenvalue weighted by atomic mass is 79.9. The largest absolute Gasteiger partial charge is 0.352 e. The number of thiophene rings is 1. The van der Waals surface area contributed by atoms with E-state index in [0.29, 0.717) is 12.1 Å². The van der Waals surface area contributed by atoms with E-state index in [1.807, 2.05) is 11.4 Å². The number of aromatic amines is 1. The van der Waals surface area contributed by atoms with Gasteiger partial charge >= 0.3 is 0 Å². The monoisotopic (exact) mass is 313 g/mol. The highest BCUT2D eigenvalue weighted by Crippen LogP contribution is 2.20. The SMILES string of the molecule is O=C(NCCCc1ncc[nH]1)c1csc(Br)c1. The summed E-state index contributed by atoms with van der Waals surface area (Å²) in [6, 6.07) is 1.83. The summed E-state index contributed by atoms with van der Waals surface area (Å²) in [6.07, 6.45) is 5.26. The summed E-state index contributed by atoms with van der Waals surface area (Å²) in [4.78, 5) is 18.8. The summed E-state index contributed by atoms with van der Waals surface area (Å²) >= 11 is 4.85. The maximum Gasteiger partial charge on any atom is 0.252 e. The minimum absolute atomic E-state index is 0.0219. The van der Waals surface area contributed by atoms with Crippen LogP contribution in [0.4, 0.5) is 0 Å². The summed E-state index contributed by atoms with van der Waals surface area (Å²) in [5.74, 6) is 0.934. The van der Waals surface area contributed by atoms with Crippen LogP contribution in [-0.2, 0) is 6.42 Å². The number of carbonyl (C=O) groups is 1. The number of hydrogen-bond donors (Lipinski definition) is 2. The molecular formula is C11H12BrN3OS. The standard InChI is InChI=1S/C11H12BrN3OS/c12-9-6-8(7-17-9)11(16)15-3-1-2-10-13-4-5-14-10/h4-7H,1-3H2,(H,13,14)(H,15,16). The van der Waals surface area contributed by atoms with Gasteiger partial charge in [-0.15, -0.1) is 11.3 Å².